The number of fused-ring (bicyclic) bond motifs is 6. The molecule has 0 spiro atoms. The molecule has 4 nitrogen and oxygen atoms in total. The highest BCUT2D eigenvalue weighted by atomic mass is 15.3. The molecule has 5 heteroatoms. The van der Waals surface area contributed by atoms with Crippen LogP contribution in [0.4, 0.5) is 34.1 Å². The first-order valence-electron chi connectivity index (χ1n) is 16.7. The van der Waals surface area contributed by atoms with Crippen LogP contribution in [0.15, 0.2) is 176 Å². The number of nitrogens with zero attached hydrogens (tertiary/aromatic N) is 4. The number of anilines is 6. The van der Waals surface area contributed by atoms with Gasteiger partial charge < -0.3 is 9.80 Å². The van der Waals surface area contributed by atoms with Gasteiger partial charge in [0.2, 0.25) is 6.71 Å². The van der Waals surface area contributed by atoms with Gasteiger partial charge in [0.15, 0.2) is 0 Å². The molecule has 2 aliphatic rings. The molecule has 228 valence electrons. The zero-order valence-electron chi connectivity index (χ0n) is 26.6. The quantitative estimate of drug-likeness (QED) is 0.183. The molecule has 0 amide bonds. The summed E-state index contributed by atoms with van der Waals surface area (Å²) in [6, 6.07) is 58.8. The van der Waals surface area contributed by atoms with Gasteiger partial charge in [-0.25, -0.2) is 4.98 Å². The molecule has 2 aliphatic heterocycles. The van der Waals surface area contributed by atoms with Gasteiger partial charge in [-0.15, -0.1) is 0 Å². The van der Waals surface area contributed by atoms with Gasteiger partial charge in [0, 0.05) is 29.3 Å². The van der Waals surface area contributed by atoms with E-state index in [4.69, 9.17) is 4.98 Å². The van der Waals surface area contributed by atoms with Crippen molar-refractivity contribution in [1.29, 1.82) is 0 Å². The highest BCUT2D eigenvalue weighted by molar-refractivity contribution is 6.99. The lowest BCUT2D eigenvalue weighted by atomic mass is 9.39. The maximum Gasteiger partial charge on any atom is 0.245 e. The number of para-hydroxylation sites is 6. The summed E-state index contributed by atoms with van der Waals surface area (Å²) in [5, 5.41) is 1.16. The first-order valence-corrected chi connectivity index (χ1v) is 16.7. The average molecular weight is 625 g/mol. The molecular weight excluding hydrogens is 595 g/mol. The van der Waals surface area contributed by atoms with E-state index in [9.17, 15) is 0 Å². The Hall–Kier alpha value is -6.46. The summed E-state index contributed by atoms with van der Waals surface area (Å²) in [5.74, 6) is 0. The Bertz CT molecular complexity index is 2490. The summed E-state index contributed by atoms with van der Waals surface area (Å²) < 4.78 is 0. The first kappa shape index (κ1) is 27.6. The molecule has 6 aromatic carbocycles. The normalized spacial score (nSPS) is 12.8. The van der Waals surface area contributed by atoms with Gasteiger partial charge in [0.1, 0.15) is 0 Å². The number of pyridine rings is 2. The van der Waals surface area contributed by atoms with Gasteiger partial charge in [-0.1, -0.05) is 114 Å². The maximum absolute atomic E-state index is 5.24. The standard InChI is InChI=1S/C44H29BN4/c1-2-15-34(16-3-1)48-40-20-8-10-22-42(40)49(43-23-11-9-21-41(43)48)35-26-32(31-14-12-24-46-29-31)25-33(28-35)45-37-18-6-5-17-36(37)44-38(45)27-30-13-4-7-19-39(30)47-44/h1-29H. The van der Waals surface area contributed by atoms with Gasteiger partial charge in [-0.3, -0.25) is 4.98 Å². The summed E-state index contributed by atoms with van der Waals surface area (Å²) in [4.78, 5) is 14.6. The smallest absolute Gasteiger partial charge is 0.245 e. The Balaban J connectivity index is 1.23. The van der Waals surface area contributed by atoms with E-state index in [1.807, 2.05) is 18.5 Å². The second-order valence-electron chi connectivity index (χ2n) is 12.7. The van der Waals surface area contributed by atoms with Gasteiger partial charge in [-0.2, -0.15) is 0 Å². The molecule has 8 aromatic rings. The fourth-order valence-corrected chi connectivity index (χ4v) is 7.77. The summed E-state index contributed by atoms with van der Waals surface area (Å²) in [5.41, 5.74) is 16.0. The van der Waals surface area contributed by atoms with Crippen LogP contribution in [-0.4, -0.2) is 16.7 Å². The molecule has 0 saturated carbocycles. The van der Waals surface area contributed by atoms with Crippen molar-refractivity contribution in [3.8, 4) is 22.4 Å². The second kappa shape index (κ2) is 11.1. The molecule has 10 rings (SSSR count). The summed E-state index contributed by atoms with van der Waals surface area (Å²) >= 11 is 0. The number of hydrogen-bond donors (Lipinski definition) is 0. The molecule has 0 N–H and O–H groups in total. The molecular formula is C44H29BN4. The molecule has 2 aromatic heterocycles. The third-order valence-electron chi connectivity index (χ3n) is 9.86. The van der Waals surface area contributed by atoms with Crippen molar-refractivity contribution < 1.29 is 0 Å². The minimum absolute atomic E-state index is 0.0229. The van der Waals surface area contributed by atoms with Crippen molar-refractivity contribution >= 4 is 68.1 Å². The molecule has 0 atom stereocenters. The minimum atomic E-state index is 0.0229. The lowest BCUT2D eigenvalue weighted by Crippen LogP contribution is -2.49. The van der Waals surface area contributed by atoms with Crippen LogP contribution in [0.25, 0.3) is 33.3 Å². The third kappa shape index (κ3) is 4.40. The fourth-order valence-electron chi connectivity index (χ4n) is 7.77. The topological polar surface area (TPSA) is 32.3 Å². The second-order valence-corrected chi connectivity index (χ2v) is 12.7. The van der Waals surface area contributed by atoms with Crippen molar-refractivity contribution in [2.75, 3.05) is 9.80 Å². The molecule has 0 aliphatic carbocycles. The zero-order chi connectivity index (χ0) is 32.3. The van der Waals surface area contributed by atoms with Crippen LogP contribution < -0.4 is 26.2 Å². The van der Waals surface area contributed by atoms with E-state index in [-0.39, 0.29) is 6.71 Å². The molecule has 49 heavy (non-hydrogen) atoms. The van der Waals surface area contributed by atoms with E-state index in [1.54, 1.807) is 0 Å². The lowest BCUT2D eigenvalue weighted by Gasteiger charge is -2.40. The average Bonchev–Trinajstić information content (AvgIpc) is 3.49. The van der Waals surface area contributed by atoms with Crippen molar-refractivity contribution in [1.82, 2.24) is 9.97 Å². The highest BCUT2D eigenvalue weighted by Crippen LogP contribution is 2.54. The van der Waals surface area contributed by atoms with Gasteiger partial charge >= 0.3 is 0 Å². The molecule has 0 unspecified atom stereocenters. The van der Waals surface area contributed by atoms with E-state index in [0.29, 0.717) is 0 Å². The van der Waals surface area contributed by atoms with E-state index >= 15 is 0 Å². The predicted octanol–water partition coefficient (Wildman–Crippen LogP) is 9.05. The Labute approximate surface area is 285 Å². The van der Waals surface area contributed by atoms with Crippen LogP contribution in [-0.2, 0) is 0 Å². The molecule has 0 saturated heterocycles. The van der Waals surface area contributed by atoms with Crippen LogP contribution in [0, 0.1) is 0 Å². The third-order valence-corrected chi connectivity index (χ3v) is 9.86. The number of aromatic nitrogens is 2. The van der Waals surface area contributed by atoms with Crippen LogP contribution >= 0.6 is 0 Å². The minimum Gasteiger partial charge on any atom is -0.306 e. The van der Waals surface area contributed by atoms with E-state index in [1.165, 1.54) is 22.0 Å². The number of hydrogen-bond acceptors (Lipinski definition) is 4. The van der Waals surface area contributed by atoms with Crippen LogP contribution in [0.1, 0.15) is 0 Å². The zero-order valence-corrected chi connectivity index (χ0v) is 26.6. The number of rotatable bonds is 4. The van der Waals surface area contributed by atoms with Crippen LogP contribution in [0.2, 0.25) is 0 Å². The first-order chi connectivity index (χ1) is 24.3. The lowest BCUT2D eigenvalue weighted by molar-refractivity contribution is 1.17. The van der Waals surface area contributed by atoms with Crippen LogP contribution in [0.3, 0.4) is 0 Å². The Morgan fingerprint density at radius 3 is 1.86 bits per heavy atom. The molecule has 0 radical (unpaired) electrons. The van der Waals surface area contributed by atoms with Gasteiger partial charge in [0.25, 0.3) is 0 Å². The van der Waals surface area contributed by atoms with E-state index < -0.39 is 0 Å². The number of benzene rings is 6. The van der Waals surface area contributed by atoms with Gasteiger partial charge in [-0.05, 0) is 82.6 Å². The Kier molecular flexibility index (Phi) is 6.24. The maximum atomic E-state index is 5.24. The van der Waals surface area contributed by atoms with E-state index in [0.717, 1.165) is 61.8 Å². The Morgan fingerprint density at radius 1 is 0.469 bits per heavy atom. The highest BCUT2D eigenvalue weighted by Gasteiger charge is 2.36. The molecule has 0 fully saturated rings. The van der Waals surface area contributed by atoms with Gasteiger partial charge in [0.05, 0.1) is 34.0 Å². The summed E-state index contributed by atoms with van der Waals surface area (Å²) in [6.45, 7) is 0.0229. The Morgan fingerprint density at radius 2 is 1.12 bits per heavy atom. The monoisotopic (exact) mass is 624 g/mol. The van der Waals surface area contributed by atoms with Crippen molar-refractivity contribution in [2.24, 2.45) is 0 Å². The van der Waals surface area contributed by atoms with Crippen LogP contribution in [0.5, 0.6) is 0 Å². The van der Waals surface area contributed by atoms with Crippen molar-refractivity contribution in [3.63, 3.8) is 0 Å². The summed E-state index contributed by atoms with van der Waals surface area (Å²) in [6.07, 6.45) is 3.80. The molecule has 4 heterocycles. The van der Waals surface area contributed by atoms with Crippen molar-refractivity contribution in [3.05, 3.63) is 176 Å². The SMILES string of the molecule is c1ccc(N2c3ccccc3N(c3cc(B4c5ccccc5-c5nc6ccccc6cc54)cc(-c4cccnc4)c3)c3ccccc32)cc1. The molecule has 0 bridgehead atoms. The largest absolute Gasteiger partial charge is 0.306 e. The van der Waals surface area contributed by atoms with E-state index in [2.05, 4.69) is 173 Å². The fraction of sp³-hybridized carbons (Fsp3) is 0. The van der Waals surface area contributed by atoms with Crippen molar-refractivity contribution in [2.45, 2.75) is 0 Å². The summed E-state index contributed by atoms with van der Waals surface area (Å²) in [7, 11) is 0. The predicted molar refractivity (Wildman–Crippen MR) is 204 cm³/mol.